The molecule has 0 aliphatic heterocycles. The van der Waals surface area contributed by atoms with Crippen molar-refractivity contribution in [3.8, 4) is 0 Å². The molecule has 420 valence electrons. The van der Waals surface area contributed by atoms with Crippen LogP contribution in [0.5, 0.6) is 0 Å². The predicted molar refractivity (Wildman–Crippen MR) is 310 cm³/mol. The van der Waals surface area contributed by atoms with Crippen LogP contribution in [0.4, 0.5) is 0 Å². The highest BCUT2D eigenvalue weighted by Gasteiger charge is 2.20. The maximum Gasteiger partial charge on any atom is 0.305 e. The van der Waals surface area contributed by atoms with E-state index in [4.69, 9.17) is 4.74 Å². The number of esters is 1. The largest absolute Gasteiger partial charge is 0.466 e. The number of aliphatic hydroxyl groups is 2. The maximum atomic E-state index is 12.5. The van der Waals surface area contributed by atoms with Crippen LogP contribution in [-0.2, 0) is 14.3 Å². The summed E-state index contributed by atoms with van der Waals surface area (Å²) < 4.78 is 5.47. The van der Waals surface area contributed by atoms with Crippen LogP contribution in [-0.4, -0.2) is 47.4 Å². The van der Waals surface area contributed by atoms with E-state index in [-0.39, 0.29) is 18.5 Å². The summed E-state index contributed by atoms with van der Waals surface area (Å²) in [6.07, 6.45) is 74.7. The number of allylic oxidation sites excluding steroid dienone is 4. The second-order valence-electron chi connectivity index (χ2n) is 22.1. The van der Waals surface area contributed by atoms with Crippen molar-refractivity contribution in [2.45, 2.75) is 366 Å². The number of carbonyl (C=O) groups excluding carboxylic acids is 2. The highest BCUT2D eigenvalue weighted by molar-refractivity contribution is 5.76. The summed E-state index contributed by atoms with van der Waals surface area (Å²) in [5, 5.41) is 23.4. The Morgan fingerprint density at radius 3 is 1.10 bits per heavy atom. The Morgan fingerprint density at radius 1 is 0.394 bits per heavy atom. The van der Waals surface area contributed by atoms with E-state index in [1.165, 1.54) is 263 Å². The van der Waals surface area contributed by atoms with Gasteiger partial charge in [0, 0.05) is 12.8 Å². The van der Waals surface area contributed by atoms with Gasteiger partial charge in [-0.1, -0.05) is 308 Å². The first kappa shape index (κ1) is 69.3. The van der Waals surface area contributed by atoms with E-state index in [2.05, 4.69) is 43.5 Å². The zero-order valence-corrected chi connectivity index (χ0v) is 48.0. The van der Waals surface area contributed by atoms with E-state index in [0.29, 0.717) is 25.9 Å². The van der Waals surface area contributed by atoms with Gasteiger partial charge in [0.2, 0.25) is 5.91 Å². The zero-order chi connectivity index (χ0) is 51.4. The van der Waals surface area contributed by atoms with Crippen molar-refractivity contribution in [1.29, 1.82) is 0 Å². The molecule has 6 nitrogen and oxygen atoms in total. The smallest absolute Gasteiger partial charge is 0.305 e. The predicted octanol–water partition coefficient (Wildman–Crippen LogP) is 20.2. The second-order valence-corrected chi connectivity index (χ2v) is 22.1. The highest BCUT2D eigenvalue weighted by atomic mass is 16.5. The first-order chi connectivity index (χ1) is 35.0. The second kappa shape index (κ2) is 60.9. The minimum Gasteiger partial charge on any atom is -0.466 e. The molecular formula is C65H125NO5. The first-order valence-corrected chi connectivity index (χ1v) is 32.1. The molecule has 0 saturated carbocycles. The average molecular weight is 1000 g/mol. The lowest BCUT2D eigenvalue weighted by molar-refractivity contribution is -0.143. The van der Waals surface area contributed by atoms with Gasteiger partial charge < -0.3 is 20.3 Å². The number of ether oxygens (including phenoxy) is 1. The van der Waals surface area contributed by atoms with Crippen LogP contribution in [0.15, 0.2) is 24.3 Å². The van der Waals surface area contributed by atoms with Crippen molar-refractivity contribution >= 4 is 11.9 Å². The Hall–Kier alpha value is -1.66. The molecule has 2 atom stereocenters. The fraction of sp³-hybridized carbons (Fsp3) is 0.908. The summed E-state index contributed by atoms with van der Waals surface area (Å²) in [5.41, 5.74) is 0. The molecule has 0 rings (SSSR count). The Kier molecular flexibility index (Phi) is 59.5. The van der Waals surface area contributed by atoms with Gasteiger partial charge in [0.05, 0.1) is 25.4 Å². The maximum absolute atomic E-state index is 12.5. The van der Waals surface area contributed by atoms with E-state index in [1.54, 1.807) is 0 Å². The molecular weight excluding hydrogens is 875 g/mol. The molecule has 0 aromatic heterocycles. The first-order valence-electron chi connectivity index (χ1n) is 32.1. The molecule has 0 aliphatic carbocycles. The number of aliphatic hydroxyl groups excluding tert-OH is 2. The average Bonchev–Trinajstić information content (AvgIpc) is 3.37. The van der Waals surface area contributed by atoms with Crippen LogP contribution in [0.2, 0.25) is 0 Å². The van der Waals surface area contributed by atoms with Gasteiger partial charge >= 0.3 is 5.97 Å². The Morgan fingerprint density at radius 2 is 0.704 bits per heavy atom. The van der Waals surface area contributed by atoms with E-state index in [9.17, 15) is 19.8 Å². The molecule has 0 radical (unpaired) electrons. The Balaban J connectivity index is 3.43. The molecule has 2 unspecified atom stereocenters. The number of unbranched alkanes of at least 4 members (excludes halogenated alkanes) is 45. The monoisotopic (exact) mass is 1000 g/mol. The van der Waals surface area contributed by atoms with E-state index in [1.807, 2.05) is 0 Å². The van der Waals surface area contributed by atoms with Gasteiger partial charge in [0.15, 0.2) is 0 Å². The van der Waals surface area contributed by atoms with Crippen molar-refractivity contribution < 1.29 is 24.5 Å². The van der Waals surface area contributed by atoms with Crippen LogP contribution in [0.25, 0.3) is 0 Å². The van der Waals surface area contributed by atoms with Gasteiger partial charge in [0.1, 0.15) is 0 Å². The van der Waals surface area contributed by atoms with Crippen molar-refractivity contribution in [1.82, 2.24) is 5.32 Å². The van der Waals surface area contributed by atoms with E-state index < -0.39 is 12.1 Å². The molecule has 6 heteroatoms. The molecule has 0 heterocycles. The third kappa shape index (κ3) is 57.5. The minimum absolute atomic E-state index is 0.0123. The Labute approximate surface area is 443 Å². The van der Waals surface area contributed by atoms with Crippen LogP contribution in [0.3, 0.4) is 0 Å². The molecule has 0 bridgehead atoms. The van der Waals surface area contributed by atoms with Gasteiger partial charge in [-0.3, -0.25) is 9.59 Å². The quantitative estimate of drug-likeness (QED) is 0.0320. The molecule has 3 N–H and O–H groups in total. The van der Waals surface area contributed by atoms with Crippen molar-refractivity contribution in [2.24, 2.45) is 0 Å². The normalized spacial score (nSPS) is 12.7. The number of carbonyl (C=O) groups is 2. The van der Waals surface area contributed by atoms with Crippen LogP contribution < -0.4 is 5.32 Å². The molecule has 0 aromatic rings. The summed E-state index contributed by atoms with van der Waals surface area (Å²) in [4.78, 5) is 24.6. The number of rotatable bonds is 60. The van der Waals surface area contributed by atoms with Gasteiger partial charge in [0.25, 0.3) is 0 Å². The van der Waals surface area contributed by atoms with Crippen molar-refractivity contribution in [3.63, 3.8) is 0 Å². The van der Waals surface area contributed by atoms with Crippen LogP contribution in [0, 0.1) is 0 Å². The molecule has 0 saturated heterocycles. The molecule has 0 aliphatic rings. The van der Waals surface area contributed by atoms with E-state index in [0.717, 1.165) is 57.8 Å². The fourth-order valence-corrected chi connectivity index (χ4v) is 10.1. The lowest BCUT2D eigenvalue weighted by Crippen LogP contribution is -2.45. The summed E-state index contributed by atoms with van der Waals surface area (Å²) in [7, 11) is 0. The summed E-state index contributed by atoms with van der Waals surface area (Å²) >= 11 is 0. The molecule has 1 amide bonds. The van der Waals surface area contributed by atoms with Gasteiger partial charge in [-0.25, -0.2) is 0 Å². The third-order valence-electron chi connectivity index (χ3n) is 15.0. The highest BCUT2D eigenvalue weighted by Crippen LogP contribution is 2.18. The summed E-state index contributed by atoms with van der Waals surface area (Å²) in [5.74, 6) is -0.0524. The topological polar surface area (TPSA) is 95.9 Å². The summed E-state index contributed by atoms with van der Waals surface area (Å²) in [6.45, 7) is 4.93. The van der Waals surface area contributed by atoms with Gasteiger partial charge in [-0.05, 0) is 57.8 Å². The van der Waals surface area contributed by atoms with Gasteiger partial charge in [-0.15, -0.1) is 0 Å². The minimum atomic E-state index is -0.672. The lowest BCUT2D eigenvalue weighted by atomic mass is 10.0. The SMILES string of the molecule is CCCCC/C=C\C/C=C\CCCCCCCC(=O)OCCCCCCCCCCCCCCCCCC(=O)NC(CO)C(O)CCCCCCCCCCCCCCCCCCCCCCCCCC. The number of hydrogen-bond acceptors (Lipinski definition) is 5. The number of nitrogens with one attached hydrogen (secondary N) is 1. The third-order valence-corrected chi connectivity index (χ3v) is 15.0. The van der Waals surface area contributed by atoms with E-state index >= 15 is 0 Å². The zero-order valence-electron chi connectivity index (χ0n) is 48.0. The Bertz CT molecular complexity index is 1110. The summed E-state index contributed by atoms with van der Waals surface area (Å²) in [6, 6.07) is -0.550. The van der Waals surface area contributed by atoms with Crippen LogP contribution >= 0.6 is 0 Å². The lowest BCUT2D eigenvalue weighted by Gasteiger charge is -2.22. The van der Waals surface area contributed by atoms with Crippen molar-refractivity contribution in [3.05, 3.63) is 24.3 Å². The molecule has 71 heavy (non-hydrogen) atoms. The fourth-order valence-electron chi connectivity index (χ4n) is 10.1. The van der Waals surface area contributed by atoms with Crippen molar-refractivity contribution in [2.75, 3.05) is 13.2 Å². The number of amides is 1. The number of hydrogen-bond donors (Lipinski definition) is 3. The molecule has 0 spiro atoms. The molecule has 0 fully saturated rings. The van der Waals surface area contributed by atoms with Gasteiger partial charge in [-0.2, -0.15) is 0 Å². The molecule has 0 aromatic carbocycles. The van der Waals surface area contributed by atoms with Crippen LogP contribution in [0.1, 0.15) is 354 Å². The standard InChI is InChI=1S/C65H125NO5/c1-3-5-7-9-11-13-15-17-19-20-21-22-23-24-25-26-27-30-33-37-41-45-49-53-57-63(68)62(61-67)66-64(69)58-54-50-46-42-38-34-31-28-32-36-40-44-48-52-56-60-71-65(70)59-55-51-47-43-39-35-29-18-16-14-12-10-8-6-4-2/h12,14,18,29,62-63,67-68H,3-11,13,15-17,19-28,30-61H2,1-2H3,(H,66,69)/b14-12-,29-18-.